The number of benzene rings is 1. The number of aryl methyl sites for hydroxylation is 1. The number of ether oxygens (including phenoxy) is 2. The summed E-state index contributed by atoms with van der Waals surface area (Å²) in [5, 5.41) is 0.608. The molecule has 1 aliphatic rings. The van der Waals surface area contributed by atoms with E-state index in [1.54, 1.807) is 31.2 Å². The average molecular weight is 521 g/mol. The number of hydrogen-bond acceptors (Lipinski definition) is 8. The predicted octanol–water partition coefficient (Wildman–Crippen LogP) is 3.11. The average Bonchev–Trinajstić information content (AvgIpc) is 3.10. The van der Waals surface area contributed by atoms with Crippen LogP contribution in [-0.4, -0.2) is 34.3 Å². The van der Waals surface area contributed by atoms with Crippen molar-refractivity contribution in [2.45, 2.75) is 45.3 Å². The molecule has 32 heavy (non-hydrogen) atoms. The molecule has 13 heteroatoms. The van der Waals surface area contributed by atoms with Crippen LogP contribution in [0.1, 0.15) is 30.7 Å². The number of aromatic nitrogens is 2. The van der Waals surface area contributed by atoms with Crippen molar-refractivity contribution < 1.29 is 23.3 Å². The fourth-order valence-corrected chi connectivity index (χ4v) is 4.66. The second-order valence-electron chi connectivity index (χ2n) is 7.16. The molecule has 1 fully saturated rings. The lowest BCUT2D eigenvalue weighted by atomic mass is 10.2. The quantitative estimate of drug-likeness (QED) is 0.310. The van der Waals surface area contributed by atoms with Gasteiger partial charge < -0.3 is 18.5 Å². The molecule has 0 aliphatic carbocycles. The molecule has 1 aromatic heterocycles. The van der Waals surface area contributed by atoms with Gasteiger partial charge in [0.2, 0.25) is 5.69 Å². The molecule has 2 heterocycles. The van der Waals surface area contributed by atoms with Crippen molar-refractivity contribution in [1.29, 1.82) is 0 Å². The van der Waals surface area contributed by atoms with Crippen molar-refractivity contribution in [2.75, 3.05) is 6.61 Å². The van der Waals surface area contributed by atoms with Gasteiger partial charge >= 0.3 is 11.7 Å². The first kappa shape index (κ1) is 25.2. The number of carbonyl (C=O) groups is 1. The van der Waals surface area contributed by atoms with Gasteiger partial charge in [0.1, 0.15) is 18.4 Å². The summed E-state index contributed by atoms with van der Waals surface area (Å²) in [6.45, 7) is 2.97. The third kappa shape index (κ3) is 6.77. The largest absolute Gasteiger partial charge is 0.460 e. The van der Waals surface area contributed by atoms with Crippen LogP contribution in [-0.2, 0) is 41.7 Å². The van der Waals surface area contributed by atoms with E-state index < -0.39 is 41.3 Å². The van der Waals surface area contributed by atoms with Crippen molar-refractivity contribution in [2.24, 2.45) is 0 Å². The van der Waals surface area contributed by atoms with Crippen LogP contribution >= 0.6 is 29.5 Å². The van der Waals surface area contributed by atoms with Gasteiger partial charge in [-0.05, 0) is 36.4 Å². The molecule has 9 nitrogen and oxygen atoms in total. The van der Waals surface area contributed by atoms with Crippen LogP contribution in [0.15, 0.2) is 40.1 Å². The zero-order chi connectivity index (χ0) is 23.5. The highest BCUT2D eigenvalue weighted by molar-refractivity contribution is 8.60. The molecule has 174 valence electrons. The van der Waals surface area contributed by atoms with E-state index in [0.717, 1.165) is 5.56 Å². The smallest absolute Gasteiger partial charge is 0.330 e. The monoisotopic (exact) mass is 520 g/mol. The lowest BCUT2D eigenvalue weighted by molar-refractivity contribution is -0.150. The molecule has 1 unspecified atom stereocenters. The summed E-state index contributed by atoms with van der Waals surface area (Å²) >= 11 is 15.6. The number of nitrogens with zero attached hydrogens (tertiary/aromatic N) is 1. The van der Waals surface area contributed by atoms with Crippen LogP contribution in [0.3, 0.4) is 0 Å². The Balaban J connectivity index is 1.66. The number of esters is 1. The van der Waals surface area contributed by atoms with E-state index in [9.17, 15) is 14.4 Å². The van der Waals surface area contributed by atoms with Crippen molar-refractivity contribution >= 4 is 47.3 Å². The third-order valence-corrected chi connectivity index (χ3v) is 7.17. The minimum Gasteiger partial charge on any atom is -0.460 e. The predicted molar refractivity (Wildman–Crippen MR) is 126 cm³/mol. The Hall–Kier alpha value is -1.46. The standard InChI is InChI=1S/C19H22ClN2O7PS2/c1-11-8-22(19(25)21-18(11)24)17-7-15(28-12(2)23)16(29-17)10-27-30(31,32)26-9-13-3-5-14(20)6-4-13/h3-6,8,15-17H,7,9-10H2,1-2H3,(H,31,32)(H,21,24,25)/t15-,16+,17+/m0/s1. The number of halogens is 1. The van der Waals surface area contributed by atoms with Crippen molar-refractivity contribution in [3.8, 4) is 0 Å². The number of hydrogen-bond donors (Lipinski definition) is 2. The molecular weight excluding hydrogens is 499 g/mol. The molecule has 0 bridgehead atoms. The van der Waals surface area contributed by atoms with Crippen LogP contribution in [0.4, 0.5) is 0 Å². The molecule has 1 saturated heterocycles. The molecule has 0 saturated carbocycles. The highest BCUT2D eigenvalue weighted by Gasteiger charge is 2.40. The van der Waals surface area contributed by atoms with Gasteiger partial charge in [-0.25, -0.2) is 4.79 Å². The Labute approximate surface area is 199 Å². The van der Waals surface area contributed by atoms with E-state index in [1.807, 2.05) is 0 Å². The number of H-pyrrole nitrogens is 1. The number of aromatic amines is 1. The van der Waals surface area contributed by atoms with Crippen LogP contribution in [0.2, 0.25) is 5.02 Å². The molecule has 0 amide bonds. The summed E-state index contributed by atoms with van der Waals surface area (Å²) in [7, 11) is 0. The molecule has 0 spiro atoms. The fourth-order valence-electron chi connectivity index (χ4n) is 3.10. The van der Waals surface area contributed by atoms with Gasteiger partial charge in [0, 0.05) is 30.1 Å². The maximum absolute atomic E-state index is 12.2. The zero-order valence-corrected chi connectivity index (χ0v) is 20.6. The highest BCUT2D eigenvalue weighted by atomic mass is 35.5. The van der Waals surface area contributed by atoms with Crippen molar-refractivity contribution in [3.05, 3.63) is 67.4 Å². The van der Waals surface area contributed by atoms with Crippen LogP contribution in [0.5, 0.6) is 0 Å². The summed E-state index contributed by atoms with van der Waals surface area (Å²) in [4.78, 5) is 37.6. The molecule has 3 rings (SSSR count). The molecule has 1 aromatic carbocycles. The number of carbonyl (C=O) groups excluding carboxylic acids is 1. The molecular formula is C19H22ClN2O7PS2. The van der Waals surface area contributed by atoms with Gasteiger partial charge in [0.15, 0.2) is 0 Å². The minimum absolute atomic E-state index is 0.0626. The van der Waals surface area contributed by atoms with Gasteiger partial charge in [-0.1, -0.05) is 36.0 Å². The van der Waals surface area contributed by atoms with Crippen molar-refractivity contribution in [1.82, 2.24) is 9.55 Å². The second-order valence-corrected chi connectivity index (χ2v) is 12.9. The van der Waals surface area contributed by atoms with E-state index >= 15 is 0 Å². The molecule has 2 aromatic rings. The summed E-state index contributed by atoms with van der Waals surface area (Å²) < 4.78 is 23.9. The second kappa shape index (κ2) is 10.6. The Kier molecular flexibility index (Phi) is 8.37. The number of nitrogens with one attached hydrogen (secondary N) is 1. The van der Waals surface area contributed by atoms with E-state index in [1.165, 1.54) is 17.7 Å². The minimum atomic E-state index is -2.94. The fraction of sp³-hybridized carbons (Fsp3) is 0.421. The number of thiol groups is 1. The van der Waals surface area contributed by atoms with Crippen LogP contribution < -0.4 is 11.2 Å². The summed E-state index contributed by atoms with van der Waals surface area (Å²) in [5.41, 5.74) is -2.85. The first-order valence-electron chi connectivity index (χ1n) is 9.55. The number of rotatable bonds is 8. The van der Waals surface area contributed by atoms with Crippen LogP contribution in [0, 0.1) is 6.92 Å². The van der Waals surface area contributed by atoms with E-state index in [2.05, 4.69) is 17.2 Å². The molecule has 1 aliphatic heterocycles. The maximum atomic E-state index is 12.2. The van der Waals surface area contributed by atoms with Gasteiger partial charge in [-0.15, -0.1) is 0 Å². The van der Waals surface area contributed by atoms with Gasteiger partial charge in [-0.3, -0.25) is 19.1 Å². The molecule has 4 atom stereocenters. The first-order valence-corrected chi connectivity index (χ1v) is 13.7. The van der Waals surface area contributed by atoms with E-state index in [-0.39, 0.29) is 19.6 Å². The normalized spacial score (nSPS) is 22.4. The summed E-state index contributed by atoms with van der Waals surface area (Å²) in [6.07, 6.45) is -0.560. The summed E-state index contributed by atoms with van der Waals surface area (Å²) in [5.74, 6) is -0.501. The first-order chi connectivity index (χ1) is 15.0. The topological polar surface area (TPSA) is 109 Å². The Bertz CT molecular complexity index is 1140. The Morgan fingerprint density at radius 1 is 1.34 bits per heavy atom. The Morgan fingerprint density at radius 2 is 2.03 bits per heavy atom. The van der Waals surface area contributed by atoms with Gasteiger partial charge in [0.25, 0.3) is 5.56 Å². The highest BCUT2D eigenvalue weighted by Crippen LogP contribution is 2.54. The van der Waals surface area contributed by atoms with Crippen LogP contribution in [0.25, 0.3) is 0 Å². The van der Waals surface area contributed by atoms with E-state index in [0.29, 0.717) is 10.6 Å². The SMILES string of the molecule is CC(=O)O[C@H]1C[C@H](n2cc(C)c(=O)[nH]c2=O)O[C@@H]1COP(=S)(S)OCc1ccc(Cl)cc1. The molecule has 1 N–H and O–H groups in total. The lowest BCUT2D eigenvalue weighted by Crippen LogP contribution is -2.33. The maximum Gasteiger partial charge on any atom is 0.330 e. The summed E-state index contributed by atoms with van der Waals surface area (Å²) in [6, 6.07) is 7.08. The molecule has 0 radical (unpaired) electrons. The van der Waals surface area contributed by atoms with Gasteiger partial charge in [-0.2, -0.15) is 0 Å². The zero-order valence-electron chi connectivity index (χ0n) is 17.2. The van der Waals surface area contributed by atoms with Crippen molar-refractivity contribution in [3.63, 3.8) is 0 Å². The van der Waals surface area contributed by atoms with E-state index in [4.69, 9.17) is 41.9 Å². The third-order valence-electron chi connectivity index (χ3n) is 4.66. The Morgan fingerprint density at radius 3 is 2.69 bits per heavy atom. The lowest BCUT2D eigenvalue weighted by Gasteiger charge is -2.22. The van der Waals surface area contributed by atoms with Gasteiger partial charge in [0.05, 0.1) is 13.2 Å².